The van der Waals surface area contributed by atoms with Gasteiger partial charge in [0.05, 0.1) is 17.6 Å². The Morgan fingerprint density at radius 3 is 2.70 bits per heavy atom. The summed E-state index contributed by atoms with van der Waals surface area (Å²) < 4.78 is 0. The molecule has 4 heteroatoms. The highest BCUT2D eigenvalue weighted by molar-refractivity contribution is 5.77. The number of aromatic amines is 1. The Bertz CT molecular complexity index is 823. The Hall–Kier alpha value is -3.06. The monoisotopic (exact) mass is 303 g/mol. The van der Waals surface area contributed by atoms with Crippen LogP contribution in [0, 0.1) is 11.8 Å². The molecule has 4 nitrogen and oxygen atoms in total. The number of benzene rings is 2. The molecule has 1 heterocycles. The molecule has 3 aromatic rings. The highest BCUT2D eigenvalue weighted by Gasteiger charge is 2.05. The quantitative estimate of drug-likeness (QED) is 0.728. The normalized spacial score (nSPS) is 10.1. The molecular formula is C19H17N3O. The number of nitrogens with zero attached hydrogens (tertiary/aromatic N) is 1. The molecule has 0 saturated heterocycles. The van der Waals surface area contributed by atoms with Crippen LogP contribution in [0.5, 0.6) is 0 Å². The van der Waals surface area contributed by atoms with Crippen LogP contribution >= 0.6 is 0 Å². The Balaban J connectivity index is 1.45. The molecule has 0 aliphatic rings. The Morgan fingerprint density at radius 1 is 1.09 bits per heavy atom. The van der Waals surface area contributed by atoms with E-state index in [9.17, 15) is 4.79 Å². The molecule has 0 radical (unpaired) electrons. The maximum atomic E-state index is 11.8. The first-order valence-electron chi connectivity index (χ1n) is 7.55. The van der Waals surface area contributed by atoms with Crippen molar-refractivity contribution in [3.8, 4) is 11.8 Å². The summed E-state index contributed by atoms with van der Waals surface area (Å²) in [6.45, 7) is 0.355. The van der Waals surface area contributed by atoms with E-state index in [0.717, 1.165) is 22.4 Å². The van der Waals surface area contributed by atoms with Gasteiger partial charge in [-0.05, 0) is 24.3 Å². The molecule has 0 aliphatic carbocycles. The van der Waals surface area contributed by atoms with Gasteiger partial charge in [-0.1, -0.05) is 42.2 Å². The lowest BCUT2D eigenvalue weighted by atomic mass is 10.2. The van der Waals surface area contributed by atoms with Gasteiger partial charge in [-0.25, -0.2) is 4.98 Å². The largest absolute Gasteiger partial charge is 0.345 e. The minimum atomic E-state index is -0.0205. The Labute approximate surface area is 134 Å². The summed E-state index contributed by atoms with van der Waals surface area (Å²) in [5.74, 6) is 6.76. The molecule has 2 N–H and O–H groups in total. The SMILES string of the molecule is O=C(CCc1nc2ccccc2[nH]1)NCC#Cc1ccccc1. The van der Waals surface area contributed by atoms with Gasteiger partial charge in [0.2, 0.25) is 5.91 Å². The lowest BCUT2D eigenvalue weighted by molar-refractivity contribution is -0.120. The molecule has 0 spiro atoms. The van der Waals surface area contributed by atoms with E-state index in [0.29, 0.717) is 19.4 Å². The number of hydrogen-bond donors (Lipinski definition) is 2. The lowest BCUT2D eigenvalue weighted by Gasteiger charge is -1.99. The van der Waals surface area contributed by atoms with Crippen molar-refractivity contribution in [1.82, 2.24) is 15.3 Å². The van der Waals surface area contributed by atoms with Gasteiger partial charge in [-0.3, -0.25) is 4.79 Å². The number of hydrogen-bond acceptors (Lipinski definition) is 2. The number of aromatic nitrogens is 2. The van der Waals surface area contributed by atoms with Crippen LogP contribution in [0.4, 0.5) is 0 Å². The van der Waals surface area contributed by atoms with Gasteiger partial charge >= 0.3 is 0 Å². The third-order valence-corrected chi connectivity index (χ3v) is 3.41. The molecule has 0 saturated carbocycles. The summed E-state index contributed by atoms with van der Waals surface area (Å²) in [5, 5.41) is 2.80. The maximum Gasteiger partial charge on any atom is 0.221 e. The van der Waals surface area contributed by atoms with Crippen LogP contribution in [-0.4, -0.2) is 22.4 Å². The van der Waals surface area contributed by atoms with Crippen LogP contribution < -0.4 is 5.32 Å². The highest BCUT2D eigenvalue weighted by atomic mass is 16.1. The fourth-order valence-electron chi connectivity index (χ4n) is 2.25. The fourth-order valence-corrected chi connectivity index (χ4v) is 2.25. The molecule has 0 aliphatic heterocycles. The van der Waals surface area contributed by atoms with E-state index in [4.69, 9.17) is 0 Å². The number of amides is 1. The molecule has 2 aromatic carbocycles. The third-order valence-electron chi connectivity index (χ3n) is 3.41. The van der Waals surface area contributed by atoms with Crippen molar-refractivity contribution < 1.29 is 4.79 Å². The van der Waals surface area contributed by atoms with Crippen molar-refractivity contribution >= 4 is 16.9 Å². The smallest absolute Gasteiger partial charge is 0.221 e. The van der Waals surface area contributed by atoms with Gasteiger partial charge < -0.3 is 10.3 Å². The summed E-state index contributed by atoms with van der Waals surface area (Å²) in [5.41, 5.74) is 2.87. The van der Waals surface area contributed by atoms with Crippen LogP contribution in [0.25, 0.3) is 11.0 Å². The molecule has 0 atom stereocenters. The molecule has 0 unspecified atom stereocenters. The van der Waals surface area contributed by atoms with Crippen LogP contribution in [0.15, 0.2) is 54.6 Å². The van der Waals surface area contributed by atoms with Crippen LogP contribution in [0.3, 0.4) is 0 Å². The number of rotatable bonds is 4. The molecule has 0 fully saturated rings. The number of H-pyrrole nitrogens is 1. The number of carbonyl (C=O) groups is 1. The minimum absolute atomic E-state index is 0.0205. The second-order valence-corrected chi connectivity index (χ2v) is 5.15. The van der Waals surface area contributed by atoms with E-state index in [1.54, 1.807) is 0 Å². The molecule has 1 aromatic heterocycles. The number of carbonyl (C=O) groups excluding carboxylic acids is 1. The van der Waals surface area contributed by atoms with Gasteiger partial charge in [-0.15, -0.1) is 0 Å². The summed E-state index contributed by atoms with van der Waals surface area (Å²) >= 11 is 0. The van der Waals surface area contributed by atoms with Crippen LogP contribution in [0.1, 0.15) is 17.8 Å². The molecule has 0 bridgehead atoms. The predicted molar refractivity (Wildman–Crippen MR) is 90.7 cm³/mol. The maximum absolute atomic E-state index is 11.8. The van der Waals surface area contributed by atoms with E-state index in [1.807, 2.05) is 54.6 Å². The average molecular weight is 303 g/mol. The summed E-state index contributed by atoms with van der Waals surface area (Å²) in [4.78, 5) is 19.5. The van der Waals surface area contributed by atoms with Gasteiger partial charge in [-0.2, -0.15) is 0 Å². The Morgan fingerprint density at radius 2 is 1.87 bits per heavy atom. The van der Waals surface area contributed by atoms with E-state index >= 15 is 0 Å². The first kappa shape index (κ1) is 14.9. The third kappa shape index (κ3) is 4.21. The summed E-state index contributed by atoms with van der Waals surface area (Å²) in [7, 11) is 0. The van der Waals surface area contributed by atoms with Crippen molar-refractivity contribution in [2.24, 2.45) is 0 Å². The predicted octanol–water partition coefficient (Wildman–Crippen LogP) is 2.66. The van der Waals surface area contributed by atoms with Crippen molar-refractivity contribution in [1.29, 1.82) is 0 Å². The number of para-hydroxylation sites is 2. The fraction of sp³-hybridized carbons (Fsp3) is 0.158. The van der Waals surface area contributed by atoms with Crippen LogP contribution in [-0.2, 0) is 11.2 Å². The zero-order valence-electron chi connectivity index (χ0n) is 12.7. The summed E-state index contributed by atoms with van der Waals surface area (Å²) in [6.07, 6.45) is 0.986. The van der Waals surface area contributed by atoms with E-state index in [-0.39, 0.29) is 5.91 Å². The molecule has 3 rings (SSSR count). The lowest BCUT2D eigenvalue weighted by Crippen LogP contribution is -2.23. The van der Waals surface area contributed by atoms with Crippen molar-refractivity contribution in [3.63, 3.8) is 0 Å². The molecular weight excluding hydrogens is 286 g/mol. The van der Waals surface area contributed by atoms with E-state index in [1.165, 1.54) is 0 Å². The number of fused-ring (bicyclic) bond motifs is 1. The van der Waals surface area contributed by atoms with Crippen molar-refractivity contribution in [2.75, 3.05) is 6.54 Å². The number of imidazole rings is 1. The van der Waals surface area contributed by atoms with E-state index < -0.39 is 0 Å². The second-order valence-electron chi connectivity index (χ2n) is 5.15. The number of aryl methyl sites for hydroxylation is 1. The first-order valence-corrected chi connectivity index (χ1v) is 7.55. The molecule has 23 heavy (non-hydrogen) atoms. The van der Waals surface area contributed by atoms with Crippen LogP contribution in [0.2, 0.25) is 0 Å². The zero-order chi connectivity index (χ0) is 15.9. The average Bonchev–Trinajstić information content (AvgIpc) is 3.01. The van der Waals surface area contributed by atoms with Gasteiger partial charge in [0.25, 0.3) is 0 Å². The van der Waals surface area contributed by atoms with Gasteiger partial charge in [0.15, 0.2) is 0 Å². The van der Waals surface area contributed by atoms with Crippen molar-refractivity contribution in [2.45, 2.75) is 12.8 Å². The molecule has 114 valence electrons. The Kier molecular flexibility index (Phi) is 4.70. The van der Waals surface area contributed by atoms with Gasteiger partial charge in [0, 0.05) is 18.4 Å². The highest BCUT2D eigenvalue weighted by Crippen LogP contribution is 2.11. The second kappa shape index (κ2) is 7.28. The van der Waals surface area contributed by atoms with Gasteiger partial charge in [0.1, 0.15) is 5.82 Å². The van der Waals surface area contributed by atoms with E-state index in [2.05, 4.69) is 27.1 Å². The standard InChI is InChI=1S/C19H17N3O/c23-19(20-14-6-9-15-7-2-1-3-8-15)13-12-18-21-16-10-4-5-11-17(16)22-18/h1-5,7-8,10-11H,12-14H2,(H,20,23)(H,21,22). The topological polar surface area (TPSA) is 57.8 Å². The van der Waals surface area contributed by atoms with Crippen molar-refractivity contribution in [3.05, 3.63) is 66.0 Å². The zero-order valence-corrected chi connectivity index (χ0v) is 12.7. The minimum Gasteiger partial charge on any atom is -0.345 e. The first-order chi connectivity index (χ1) is 11.3. The molecule has 1 amide bonds. The summed E-state index contributed by atoms with van der Waals surface area (Å²) in [6, 6.07) is 17.6. The number of nitrogens with one attached hydrogen (secondary N) is 2.